The van der Waals surface area contributed by atoms with E-state index in [1.165, 1.54) is 6.07 Å². The molecule has 19 heavy (non-hydrogen) atoms. The van der Waals surface area contributed by atoms with Gasteiger partial charge in [-0.15, -0.1) is 12.3 Å². The fraction of sp³-hybridized carbons (Fsp3) is 0.500. The van der Waals surface area contributed by atoms with Crippen molar-refractivity contribution in [2.75, 3.05) is 26.8 Å². The van der Waals surface area contributed by atoms with E-state index in [-0.39, 0.29) is 11.6 Å². The second-order valence-electron chi connectivity index (χ2n) is 3.74. The lowest BCUT2D eigenvalue weighted by Gasteiger charge is -2.02. The van der Waals surface area contributed by atoms with Gasteiger partial charge in [0.15, 0.2) is 0 Å². The second kappa shape index (κ2) is 7.96. The molecule has 1 aromatic rings. The maximum atomic E-state index is 11.8. The Morgan fingerprint density at radius 2 is 2.21 bits per heavy atom. The maximum Gasteiger partial charge on any atom is 0.273 e. The molecule has 7 heteroatoms. The summed E-state index contributed by atoms with van der Waals surface area (Å²) in [5, 5.41) is 2.96. The van der Waals surface area contributed by atoms with E-state index >= 15 is 0 Å². The average Bonchev–Trinajstić information content (AvgIpc) is 2.84. The number of furan rings is 1. The molecule has 0 atom stereocenters. The third-order valence-electron chi connectivity index (χ3n) is 2.25. The lowest BCUT2D eigenvalue weighted by Crippen LogP contribution is -2.24. The van der Waals surface area contributed by atoms with Crippen LogP contribution < -0.4 is 10.0 Å². The SMILES string of the molecule is C#CCCNS(=O)(=O)c1ccc(CNCCOC)o1. The molecule has 6 nitrogen and oxygen atoms in total. The number of terminal acetylenes is 1. The monoisotopic (exact) mass is 286 g/mol. The van der Waals surface area contributed by atoms with Gasteiger partial charge in [0, 0.05) is 26.6 Å². The Bertz CT molecular complexity index is 516. The summed E-state index contributed by atoms with van der Waals surface area (Å²) < 4.78 is 36.1. The zero-order valence-corrected chi connectivity index (χ0v) is 11.6. The smallest absolute Gasteiger partial charge is 0.273 e. The predicted molar refractivity (Wildman–Crippen MR) is 70.9 cm³/mol. The van der Waals surface area contributed by atoms with Crippen molar-refractivity contribution in [1.82, 2.24) is 10.0 Å². The molecule has 0 aromatic carbocycles. The molecule has 0 unspecified atom stereocenters. The van der Waals surface area contributed by atoms with E-state index < -0.39 is 10.0 Å². The van der Waals surface area contributed by atoms with Gasteiger partial charge in [-0.1, -0.05) is 0 Å². The van der Waals surface area contributed by atoms with Crippen LogP contribution in [-0.4, -0.2) is 35.2 Å². The van der Waals surface area contributed by atoms with Gasteiger partial charge in [-0.3, -0.25) is 0 Å². The standard InChI is InChI=1S/C12H18N2O4S/c1-3-4-7-14-19(15,16)12-6-5-11(18-12)10-13-8-9-17-2/h1,5-6,13-14H,4,7-10H2,2H3. The second-order valence-corrected chi connectivity index (χ2v) is 5.44. The van der Waals surface area contributed by atoms with Crippen molar-refractivity contribution < 1.29 is 17.6 Å². The third-order valence-corrected chi connectivity index (χ3v) is 3.58. The summed E-state index contributed by atoms with van der Waals surface area (Å²) in [6.07, 6.45) is 5.39. The number of nitrogens with one attached hydrogen (secondary N) is 2. The number of rotatable bonds is 9. The third kappa shape index (κ3) is 5.44. The molecule has 1 rings (SSSR count). The van der Waals surface area contributed by atoms with Gasteiger partial charge < -0.3 is 14.5 Å². The van der Waals surface area contributed by atoms with Crippen LogP contribution in [0.2, 0.25) is 0 Å². The number of hydrogen-bond acceptors (Lipinski definition) is 5. The van der Waals surface area contributed by atoms with Crippen LogP contribution in [0.25, 0.3) is 0 Å². The van der Waals surface area contributed by atoms with E-state index in [9.17, 15) is 8.42 Å². The molecule has 2 N–H and O–H groups in total. The van der Waals surface area contributed by atoms with E-state index in [4.69, 9.17) is 15.6 Å². The van der Waals surface area contributed by atoms with Crippen LogP contribution in [-0.2, 0) is 21.3 Å². The highest BCUT2D eigenvalue weighted by molar-refractivity contribution is 7.89. The molecular formula is C12H18N2O4S. The van der Waals surface area contributed by atoms with Crippen LogP contribution >= 0.6 is 0 Å². The molecule has 0 aliphatic rings. The molecule has 106 valence electrons. The summed E-state index contributed by atoms with van der Waals surface area (Å²) in [6, 6.07) is 3.04. The first-order valence-corrected chi connectivity index (χ1v) is 7.30. The lowest BCUT2D eigenvalue weighted by molar-refractivity contribution is 0.198. The fourth-order valence-corrected chi connectivity index (χ4v) is 2.29. The average molecular weight is 286 g/mol. The topological polar surface area (TPSA) is 80.6 Å². The van der Waals surface area contributed by atoms with Crippen LogP contribution in [0.1, 0.15) is 12.2 Å². The van der Waals surface area contributed by atoms with Crippen LogP contribution in [0, 0.1) is 12.3 Å². The summed E-state index contributed by atoms with van der Waals surface area (Å²) in [4.78, 5) is 0. The first kappa shape index (κ1) is 15.7. The minimum absolute atomic E-state index is 0.104. The maximum absolute atomic E-state index is 11.8. The summed E-state index contributed by atoms with van der Waals surface area (Å²) in [5.74, 6) is 2.91. The van der Waals surface area contributed by atoms with Crippen molar-refractivity contribution in [2.45, 2.75) is 18.1 Å². The normalized spacial score (nSPS) is 11.4. The molecule has 0 saturated heterocycles. The van der Waals surface area contributed by atoms with E-state index in [0.717, 1.165) is 0 Å². The lowest BCUT2D eigenvalue weighted by atomic mass is 10.4. The molecule has 0 saturated carbocycles. The van der Waals surface area contributed by atoms with Crippen LogP contribution in [0.4, 0.5) is 0 Å². The van der Waals surface area contributed by atoms with E-state index in [1.807, 2.05) is 0 Å². The highest BCUT2D eigenvalue weighted by Crippen LogP contribution is 2.13. The van der Waals surface area contributed by atoms with Gasteiger partial charge in [-0.05, 0) is 12.1 Å². The Morgan fingerprint density at radius 1 is 1.42 bits per heavy atom. The molecule has 0 aliphatic heterocycles. The Hall–Kier alpha value is -1.33. The quantitative estimate of drug-likeness (QED) is 0.505. The summed E-state index contributed by atoms with van der Waals surface area (Å²) >= 11 is 0. The molecule has 1 heterocycles. The van der Waals surface area contributed by atoms with Gasteiger partial charge in [-0.25, -0.2) is 13.1 Å². The van der Waals surface area contributed by atoms with Crippen LogP contribution in [0.15, 0.2) is 21.6 Å². The van der Waals surface area contributed by atoms with Crippen LogP contribution in [0.3, 0.4) is 0 Å². The first-order valence-electron chi connectivity index (χ1n) is 5.81. The highest BCUT2D eigenvalue weighted by Gasteiger charge is 2.17. The van der Waals surface area contributed by atoms with Crippen molar-refractivity contribution >= 4 is 10.0 Å². The summed E-state index contributed by atoms with van der Waals surface area (Å²) in [6.45, 7) is 1.89. The molecular weight excluding hydrogens is 268 g/mol. The molecule has 0 aliphatic carbocycles. The molecule has 0 spiro atoms. The number of methoxy groups -OCH3 is 1. The van der Waals surface area contributed by atoms with Crippen molar-refractivity contribution in [3.63, 3.8) is 0 Å². The van der Waals surface area contributed by atoms with Gasteiger partial charge in [0.1, 0.15) is 5.76 Å². The zero-order valence-electron chi connectivity index (χ0n) is 10.8. The van der Waals surface area contributed by atoms with Crippen molar-refractivity contribution in [3.8, 4) is 12.3 Å². The summed E-state index contributed by atoms with van der Waals surface area (Å²) in [7, 11) is -2.00. The van der Waals surface area contributed by atoms with E-state index in [1.54, 1.807) is 13.2 Å². The first-order chi connectivity index (χ1) is 9.10. The largest absolute Gasteiger partial charge is 0.447 e. The Balaban J connectivity index is 2.51. The molecule has 0 amide bonds. The zero-order chi connectivity index (χ0) is 14.1. The Morgan fingerprint density at radius 3 is 2.89 bits per heavy atom. The summed E-state index contributed by atoms with van der Waals surface area (Å²) in [5.41, 5.74) is 0. The van der Waals surface area contributed by atoms with Gasteiger partial charge >= 0.3 is 0 Å². The van der Waals surface area contributed by atoms with Gasteiger partial charge in [-0.2, -0.15) is 0 Å². The number of sulfonamides is 1. The van der Waals surface area contributed by atoms with Crippen molar-refractivity contribution in [3.05, 3.63) is 17.9 Å². The molecule has 0 bridgehead atoms. The van der Waals surface area contributed by atoms with Gasteiger partial charge in [0.25, 0.3) is 10.0 Å². The minimum atomic E-state index is -3.61. The molecule has 1 aromatic heterocycles. The van der Waals surface area contributed by atoms with Gasteiger partial charge in [0.2, 0.25) is 5.09 Å². The van der Waals surface area contributed by atoms with Gasteiger partial charge in [0.05, 0.1) is 13.2 Å². The van der Waals surface area contributed by atoms with Crippen molar-refractivity contribution in [1.29, 1.82) is 0 Å². The number of ether oxygens (including phenoxy) is 1. The predicted octanol–water partition coefficient (Wildman–Crippen LogP) is 0.317. The van der Waals surface area contributed by atoms with E-state index in [2.05, 4.69) is 16.0 Å². The number of hydrogen-bond donors (Lipinski definition) is 2. The molecule has 0 fully saturated rings. The molecule has 0 radical (unpaired) electrons. The Kier molecular flexibility index (Phi) is 6.59. The highest BCUT2D eigenvalue weighted by atomic mass is 32.2. The minimum Gasteiger partial charge on any atom is -0.447 e. The van der Waals surface area contributed by atoms with Crippen molar-refractivity contribution in [2.24, 2.45) is 0 Å². The van der Waals surface area contributed by atoms with Crippen LogP contribution in [0.5, 0.6) is 0 Å². The fourth-order valence-electron chi connectivity index (χ4n) is 1.31. The Labute approximate surface area is 113 Å². The van der Waals surface area contributed by atoms with E-state index in [0.29, 0.717) is 31.9 Å².